The van der Waals surface area contributed by atoms with E-state index in [0.29, 0.717) is 6.42 Å². The summed E-state index contributed by atoms with van der Waals surface area (Å²) in [5.74, 6) is -0.0150. The number of ketones is 1. The van der Waals surface area contributed by atoms with E-state index in [9.17, 15) is 4.79 Å². The van der Waals surface area contributed by atoms with E-state index in [-0.39, 0.29) is 5.78 Å². The van der Waals surface area contributed by atoms with Gasteiger partial charge in [-0.3, -0.25) is 4.79 Å². The number of nitrogens with two attached hydrogens (primary N) is 1. The summed E-state index contributed by atoms with van der Waals surface area (Å²) in [5.41, 5.74) is 6.43. The summed E-state index contributed by atoms with van der Waals surface area (Å²) in [7, 11) is 0. The molecule has 0 radical (unpaired) electrons. The van der Waals surface area contributed by atoms with Crippen LogP contribution in [0.25, 0.3) is 0 Å². The van der Waals surface area contributed by atoms with Gasteiger partial charge in [-0.15, -0.1) is 0 Å². The molecule has 0 unspecified atom stereocenters. The highest BCUT2D eigenvalue weighted by Gasteiger charge is 2.08. The van der Waals surface area contributed by atoms with Crippen LogP contribution in [-0.2, 0) is 11.2 Å². The quantitative estimate of drug-likeness (QED) is 0.681. The molecule has 12 heavy (non-hydrogen) atoms. The van der Waals surface area contributed by atoms with Crippen LogP contribution in [0.15, 0.2) is 18.7 Å². The van der Waals surface area contributed by atoms with Crippen LogP contribution in [0.3, 0.4) is 0 Å². The molecule has 1 atom stereocenters. The molecule has 4 nitrogen and oxygen atoms in total. The van der Waals surface area contributed by atoms with Crippen LogP contribution in [0, 0.1) is 0 Å². The van der Waals surface area contributed by atoms with Crippen LogP contribution in [0.4, 0.5) is 0 Å². The summed E-state index contributed by atoms with van der Waals surface area (Å²) in [6.07, 6.45) is 5.28. The summed E-state index contributed by atoms with van der Waals surface area (Å²) in [4.78, 5) is 18.4. The molecule has 4 heteroatoms. The van der Waals surface area contributed by atoms with Crippen molar-refractivity contribution in [2.75, 3.05) is 0 Å². The van der Waals surface area contributed by atoms with Gasteiger partial charge in [-0.2, -0.15) is 0 Å². The molecule has 0 saturated carbocycles. The van der Waals surface area contributed by atoms with Crippen LogP contribution < -0.4 is 5.73 Å². The van der Waals surface area contributed by atoms with Gasteiger partial charge in [0.15, 0.2) is 0 Å². The third-order valence-corrected chi connectivity index (χ3v) is 1.59. The Hall–Kier alpha value is -1.29. The van der Waals surface area contributed by atoms with Crippen molar-refractivity contribution >= 4 is 5.78 Å². The summed E-state index contributed by atoms with van der Waals surface area (Å²) < 4.78 is 0. The highest BCUT2D eigenvalue weighted by Crippen LogP contribution is 1.97. The fraction of sp³-hybridized carbons (Fsp3) is 0.375. The Morgan fingerprint density at radius 2 is 2.17 bits per heavy atom. The zero-order valence-electron chi connectivity index (χ0n) is 6.90. The third-order valence-electron chi connectivity index (χ3n) is 1.59. The number of hydrogen-bond acceptors (Lipinski definition) is 4. The van der Waals surface area contributed by atoms with Crippen LogP contribution in [-0.4, -0.2) is 21.8 Å². The van der Waals surface area contributed by atoms with E-state index in [1.807, 2.05) is 0 Å². The molecule has 1 rings (SSSR count). The van der Waals surface area contributed by atoms with E-state index in [0.717, 1.165) is 5.56 Å². The van der Waals surface area contributed by atoms with Crippen molar-refractivity contribution in [1.82, 2.24) is 9.97 Å². The minimum Gasteiger partial charge on any atom is -0.321 e. The van der Waals surface area contributed by atoms with E-state index in [1.165, 1.54) is 13.3 Å². The molecule has 1 heterocycles. The summed E-state index contributed by atoms with van der Waals surface area (Å²) >= 11 is 0. The lowest BCUT2D eigenvalue weighted by molar-refractivity contribution is -0.118. The molecule has 64 valence electrons. The first-order valence-corrected chi connectivity index (χ1v) is 3.70. The molecule has 0 aliphatic heterocycles. The highest BCUT2D eigenvalue weighted by atomic mass is 16.1. The molecule has 2 N–H and O–H groups in total. The van der Waals surface area contributed by atoms with E-state index in [2.05, 4.69) is 9.97 Å². The lowest BCUT2D eigenvalue weighted by atomic mass is 10.1. The van der Waals surface area contributed by atoms with E-state index >= 15 is 0 Å². The Bertz CT molecular complexity index is 260. The number of carbonyl (C=O) groups excluding carboxylic acids is 1. The summed E-state index contributed by atoms with van der Waals surface area (Å²) in [5, 5.41) is 0. The Kier molecular flexibility index (Phi) is 2.88. The second-order valence-electron chi connectivity index (χ2n) is 2.67. The number of Topliss-reactive ketones (excluding diaryl/α,β-unsaturated/α-hetero) is 1. The first-order valence-electron chi connectivity index (χ1n) is 3.70. The van der Waals surface area contributed by atoms with Gasteiger partial charge in [0.05, 0.1) is 6.04 Å². The predicted molar refractivity (Wildman–Crippen MR) is 44.4 cm³/mol. The Morgan fingerprint density at radius 3 is 2.67 bits per heavy atom. The van der Waals surface area contributed by atoms with Crippen molar-refractivity contribution < 1.29 is 4.79 Å². The van der Waals surface area contributed by atoms with Crippen LogP contribution in [0.5, 0.6) is 0 Å². The van der Waals surface area contributed by atoms with Gasteiger partial charge < -0.3 is 5.73 Å². The zero-order valence-corrected chi connectivity index (χ0v) is 6.90. The standard InChI is InChI=1S/C8H11N3O/c1-6(12)8(9)2-7-3-10-5-11-4-7/h3-5,8H,2,9H2,1H3/t8-/m0/s1. The average Bonchev–Trinajstić information content (AvgIpc) is 2.06. The van der Waals surface area contributed by atoms with Gasteiger partial charge in [0.2, 0.25) is 0 Å². The summed E-state index contributed by atoms with van der Waals surface area (Å²) in [6.45, 7) is 1.48. The number of rotatable bonds is 3. The van der Waals surface area contributed by atoms with E-state index < -0.39 is 6.04 Å². The van der Waals surface area contributed by atoms with Crippen molar-refractivity contribution in [2.45, 2.75) is 19.4 Å². The molecule has 1 aromatic rings. The van der Waals surface area contributed by atoms with Crippen molar-refractivity contribution in [1.29, 1.82) is 0 Å². The maximum Gasteiger partial charge on any atom is 0.146 e. The second-order valence-corrected chi connectivity index (χ2v) is 2.67. The van der Waals surface area contributed by atoms with Gasteiger partial charge >= 0.3 is 0 Å². The first-order chi connectivity index (χ1) is 5.70. The Balaban J connectivity index is 2.58. The van der Waals surface area contributed by atoms with E-state index in [4.69, 9.17) is 5.73 Å². The maximum atomic E-state index is 10.8. The lowest BCUT2D eigenvalue weighted by Gasteiger charge is -2.05. The van der Waals surface area contributed by atoms with Gasteiger partial charge in [-0.05, 0) is 18.9 Å². The van der Waals surface area contributed by atoms with Crippen LogP contribution in [0.1, 0.15) is 12.5 Å². The number of aromatic nitrogens is 2. The highest BCUT2D eigenvalue weighted by molar-refractivity contribution is 5.81. The normalized spacial score (nSPS) is 12.5. The monoisotopic (exact) mass is 165 g/mol. The topological polar surface area (TPSA) is 68.9 Å². The molecule has 1 aromatic heterocycles. The Morgan fingerprint density at radius 1 is 1.58 bits per heavy atom. The van der Waals surface area contributed by atoms with Crippen molar-refractivity contribution in [2.24, 2.45) is 5.73 Å². The molecular formula is C8H11N3O. The second kappa shape index (κ2) is 3.92. The minimum atomic E-state index is -0.434. The molecule has 0 amide bonds. The van der Waals surface area contributed by atoms with Gasteiger partial charge in [0, 0.05) is 12.4 Å². The molecule has 0 aliphatic rings. The maximum absolute atomic E-state index is 10.8. The number of carbonyl (C=O) groups is 1. The first kappa shape index (κ1) is 8.80. The molecule has 0 aromatic carbocycles. The molecular weight excluding hydrogens is 154 g/mol. The fourth-order valence-corrected chi connectivity index (χ4v) is 0.833. The minimum absolute atomic E-state index is 0.0150. The van der Waals surface area contributed by atoms with Crippen molar-refractivity contribution in [3.05, 3.63) is 24.3 Å². The average molecular weight is 165 g/mol. The number of nitrogens with zero attached hydrogens (tertiary/aromatic N) is 2. The summed E-state index contributed by atoms with van der Waals surface area (Å²) in [6, 6.07) is -0.434. The fourth-order valence-electron chi connectivity index (χ4n) is 0.833. The molecule has 0 fully saturated rings. The van der Waals surface area contributed by atoms with Gasteiger partial charge in [0.1, 0.15) is 12.1 Å². The molecule has 0 aliphatic carbocycles. The molecule has 0 spiro atoms. The van der Waals surface area contributed by atoms with Gasteiger partial charge in [-0.1, -0.05) is 0 Å². The van der Waals surface area contributed by atoms with Crippen LogP contribution >= 0.6 is 0 Å². The third kappa shape index (κ3) is 2.39. The molecule has 0 bridgehead atoms. The van der Waals surface area contributed by atoms with E-state index in [1.54, 1.807) is 12.4 Å². The van der Waals surface area contributed by atoms with Crippen LogP contribution in [0.2, 0.25) is 0 Å². The SMILES string of the molecule is CC(=O)[C@@H](N)Cc1cncnc1. The predicted octanol–water partition coefficient (Wildman–Crippen LogP) is -0.0646. The molecule has 0 saturated heterocycles. The van der Waals surface area contributed by atoms with Gasteiger partial charge in [-0.25, -0.2) is 9.97 Å². The van der Waals surface area contributed by atoms with Crippen molar-refractivity contribution in [3.8, 4) is 0 Å². The zero-order chi connectivity index (χ0) is 8.97. The smallest absolute Gasteiger partial charge is 0.146 e. The van der Waals surface area contributed by atoms with Crippen molar-refractivity contribution in [3.63, 3.8) is 0 Å². The Labute approximate surface area is 70.8 Å². The lowest BCUT2D eigenvalue weighted by Crippen LogP contribution is -2.30. The van der Waals surface area contributed by atoms with Gasteiger partial charge in [0.25, 0.3) is 0 Å². The largest absolute Gasteiger partial charge is 0.321 e. The number of hydrogen-bond donors (Lipinski definition) is 1.